The molecule has 0 aliphatic heterocycles. The van der Waals surface area contributed by atoms with Gasteiger partial charge in [-0.3, -0.25) is 14.5 Å². The van der Waals surface area contributed by atoms with Gasteiger partial charge >= 0.3 is 0 Å². The number of nitrogens with zero attached hydrogens (tertiary/aromatic N) is 4. The fraction of sp³-hybridized carbons (Fsp3) is 0.160. The van der Waals surface area contributed by atoms with Crippen molar-refractivity contribution in [3.8, 4) is 22.4 Å². The summed E-state index contributed by atoms with van der Waals surface area (Å²) in [5.41, 5.74) is 5.06. The summed E-state index contributed by atoms with van der Waals surface area (Å²) < 4.78 is 3.45. The molecular weight excluding hydrogens is 372 g/mol. The molecular formula is C25H24N4O. The minimum Gasteiger partial charge on any atom is -0.311 e. The zero-order chi connectivity index (χ0) is 21.3. The molecule has 0 radical (unpaired) electrons. The minimum atomic E-state index is -0.00228. The van der Waals surface area contributed by atoms with Crippen LogP contribution in [0.25, 0.3) is 44.1 Å². The Kier molecular flexibility index (Phi) is 5.19. The highest BCUT2D eigenvalue weighted by molar-refractivity contribution is 5.99. The van der Waals surface area contributed by atoms with Crippen LogP contribution in [-0.2, 0) is 14.1 Å². The van der Waals surface area contributed by atoms with E-state index in [0.717, 1.165) is 44.1 Å². The van der Waals surface area contributed by atoms with Gasteiger partial charge in [0, 0.05) is 43.5 Å². The molecule has 3 aromatic heterocycles. The summed E-state index contributed by atoms with van der Waals surface area (Å²) in [6.07, 6.45) is 5.72. The molecule has 0 amide bonds. The van der Waals surface area contributed by atoms with Gasteiger partial charge in [-0.2, -0.15) is 5.10 Å². The molecule has 5 rings (SSSR count). The van der Waals surface area contributed by atoms with Crippen LogP contribution in [0.4, 0.5) is 0 Å². The van der Waals surface area contributed by atoms with Gasteiger partial charge in [0.2, 0.25) is 0 Å². The molecule has 0 unspecified atom stereocenters. The van der Waals surface area contributed by atoms with Crippen molar-refractivity contribution in [2.75, 3.05) is 0 Å². The van der Waals surface area contributed by atoms with Crippen LogP contribution in [0.3, 0.4) is 0 Å². The third-order valence-electron chi connectivity index (χ3n) is 5.20. The summed E-state index contributed by atoms with van der Waals surface area (Å²) >= 11 is 0. The highest BCUT2D eigenvalue weighted by Gasteiger charge is 2.09. The summed E-state index contributed by atoms with van der Waals surface area (Å²) in [5.74, 6) is 0. The Bertz CT molecular complexity index is 1410. The van der Waals surface area contributed by atoms with Gasteiger partial charge in [-0.25, -0.2) is 0 Å². The average molecular weight is 396 g/mol. The van der Waals surface area contributed by atoms with E-state index in [2.05, 4.69) is 46.5 Å². The number of hydrogen-bond acceptors (Lipinski definition) is 3. The maximum absolute atomic E-state index is 11.9. The lowest BCUT2D eigenvalue weighted by molar-refractivity contribution is 0.768. The van der Waals surface area contributed by atoms with Crippen molar-refractivity contribution < 1.29 is 0 Å². The SMILES string of the molecule is CC.Cn1cc(-c2cc3cccc(-c4ccc5c(ccc(=O)n5C)c4)c3cn2)cn1. The topological polar surface area (TPSA) is 52.7 Å². The van der Waals surface area contributed by atoms with E-state index >= 15 is 0 Å². The molecule has 3 heterocycles. The number of benzene rings is 2. The lowest BCUT2D eigenvalue weighted by Crippen LogP contribution is -2.14. The molecule has 2 aromatic carbocycles. The molecule has 0 aliphatic rings. The van der Waals surface area contributed by atoms with Crippen LogP contribution in [0.1, 0.15) is 13.8 Å². The number of rotatable bonds is 2. The lowest BCUT2D eigenvalue weighted by atomic mass is 9.97. The smallest absolute Gasteiger partial charge is 0.250 e. The first-order valence-electron chi connectivity index (χ1n) is 10.1. The van der Waals surface area contributed by atoms with E-state index in [1.807, 2.05) is 51.6 Å². The van der Waals surface area contributed by atoms with E-state index in [0.29, 0.717) is 0 Å². The molecule has 0 aliphatic carbocycles. The van der Waals surface area contributed by atoms with Gasteiger partial charge in [0.1, 0.15) is 0 Å². The second kappa shape index (κ2) is 7.95. The maximum atomic E-state index is 11.9. The highest BCUT2D eigenvalue weighted by atomic mass is 16.1. The molecule has 0 saturated carbocycles. The predicted molar refractivity (Wildman–Crippen MR) is 123 cm³/mol. The van der Waals surface area contributed by atoms with Crippen molar-refractivity contribution in [2.45, 2.75) is 13.8 Å². The van der Waals surface area contributed by atoms with Crippen LogP contribution in [0.5, 0.6) is 0 Å². The van der Waals surface area contributed by atoms with Crippen molar-refractivity contribution in [1.82, 2.24) is 19.3 Å². The first-order chi connectivity index (χ1) is 14.6. The second-order valence-electron chi connectivity index (χ2n) is 7.00. The number of pyridine rings is 2. The first kappa shape index (κ1) is 19.6. The van der Waals surface area contributed by atoms with E-state index in [-0.39, 0.29) is 5.56 Å². The Morgan fingerprint density at radius 1 is 0.833 bits per heavy atom. The third-order valence-corrected chi connectivity index (χ3v) is 5.20. The summed E-state index contributed by atoms with van der Waals surface area (Å²) in [4.78, 5) is 16.5. The zero-order valence-electron chi connectivity index (χ0n) is 17.6. The normalized spacial score (nSPS) is 10.8. The summed E-state index contributed by atoms with van der Waals surface area (Å²) in [6.45, 7) is 4.00. The molecule has 5 nitrogen and oxygen atoms in total. The van der Waals surface area contributed by atoms with Gasteiger partial charge in [0.15, 0.2) is 0 Å². The van der Waals surface area contributed by atoms with E-state index < -0.39 is 0 Å². The molecule has 5 heteroatoms. The molecule has 0 atom stereocenters. The molecule has 5 aromatic rings. The molecule has 150 valence electrons. The standard InChI is InChI=1S/C23H18N4O.C2H6/c1-26-14-18(12-25-26)21-11-15-4-3-5-19(20(15)13-24-21)16-6-8-22-17(10-16)7-9-23(28)27(22)2;1-2/h3-14H,1-2H3;1-2H3. The van der Waals surface area contributed by atoms with Gasteiger partial charge in [-0.15, -0.1) is 0 Å². The van der Waals surface area contributed by atoms with Gasteiger partial charge < -0.3 is 4.57 Å². The Morgan fingerprint density at radius 3 is 2.43 bits per heavy atom. The molecule has 30 heavy (non-hydrogen) atoms. The number of aryl methyl sites for hydroxylation is 2. The molecule has 0 spiro atoms. The van der Waals surface area contributed by atoms with E-state index in [9.17, 15) is 4.79 Å². The van der Waals surface area contributed by atoms with Crippen molar-refractivity contribution in [1.29, 1.82) is 0 Å². The third kappa shape index (κ3) is 3.39. The summed E-state index contributed by atoms with van der Waals surface area (Å²) in [6, 6.07) is 18.0. The Hall–Kier alpha value is -3.73. The monoisotopic (exact) mass is 396 g/mol. The minimum absolute atomic E-state index is 0.00228. The Morgan fingerprint density at radius 2 is 1.67 bits per heavy atom. The van der Waals surface area contributed by atoms with Crippen molar-refractivity contribution in [3.63, 3.8) is 0 Å². The van der Waals surface area contributed by atoms with Gasteiger partial charge in [0.05, 0.1) is 17.4 Å². The van der Waals surface area contributed by atoms with Crippen molar-refractivity contribution in [2.24, 2.45) is 14.1 Å². The number of aromatic nitrogens is 4. The quantitative estimate of drug-likeness (QED) is 0.413. The molecule has 0 fully saturated rings. The fourth-order valence-electron chi connectivity index (χ4n) is 3.69. The van der Waals surface area contributed by atoms with Crippen LogP contribution >= 0.6 is 0 Å². The van der Waals surface area contributed by atoms with E-state index in [4.69, 9.17) is 0 Å². The Labute approximate surface area is 175 Å². The van der Waals surface area contributed by atoms with Crippen LogP contribution < -0.4 is 5.56 Å². The van der Waals surface area contributed by atoms with Crippen molar-refractivity contribution >= 4 is 21.7 Å². The van der Waals surface area contributed by atoms with Crippen molar-refractivity contribution in [3.05, 3.63) is 83.5 Å². The number of hydrogen-bond donors (Lipinski definition) is 0. The Balaban J connectivity index is 0.00000106. The fourth-order valence-corrected chi connectivity index (χ4v) is 3.69. The van der Waals surface area contributed by atoms with Gasteiger partial charge in [-0.05, 0) is 46.2 Å². The lowest BCUT2D eigenvalue weighted by Gasteiger charge is -2.10. The molecule has 0 bridgehead atoms. The molecule has 0 N–H and O–H groups in total. The zero-order valence-corrected chi connectivity index (χ0v) is 17.6. The van der Waals surface area contributed by atoms with Crippen LogP contribution in [0.15, 0.2) is 78.0 Å². The van der Waals surface area contributed by atoms with E-state index in [1.54, 1.807) is 22.4 Å². The van der Waals surface area contributed by atoms with Gasteiger partial charge in [0.25, 0.3) is 5.56 Å². The average Bonchev–Trinajstić information content (AvgIpc) is 3.23. The van der Waals surface area contributed by atoms with E-state index in [1.165, 1.54) is 0 Å². The largest absolute Gasteiger partial charge is 0.311 e. The van der Waals surface area contributed by atoms with Crippen LogP contribution in [-0.4, -0.2) is 19.3 Å². The second-order valence-corrected chi connectivity index (χ2v) is 7.00. The van der Waals surface area contributed by atoms with Crippen LogP contribution in [0.2, 0.25) is 0 Å². The highest BCUT2D eigenvalue weighted by Crippen LogP contribution is 2.31. The maximum Gasteiger partial charge on any atom is 0.250 e. The predicted octanol–water partition coefficient (Wildman–Crippen LogP) is 5.18. The number of fused-ring (bicyclic) bond motifs is 2. The summed E-state index contributed by atoms with van der Waals surface area (Å²) in [5, 5.41) is 7.50. The molecule has 0 saturated heterocycles. The van der Waals surface area contributed by atoms with Crippen LogP contribution in [0, 0.1) is 0 Å². The summed E-state index contributed by atoms with van der Waals surface area (Å²) in [7, 11) is 3.70. The first-order valence-corrected chi connectivity index (χ1v) is 10.1. The van der Waals surface area contributed by atoms with Gasteiger partial charge in [-0.1, -0.05) is 38.1 Å².